The normalized spacial score (nSPS) is 11.1. The number of hydrogen-bond donors (Lipinski definition) is 2. The average molecular weight is 329 g/mol. The molecule has 3 N–H and O–H groups in total. The van der Waals surface area contributed by atoms with Crippen LogP contribution in [0.4, 0.5) is 11.6 Å². The fourth-order valence-corrected chi connectivity index (χ4v) is 2.86. The Balaban J connectivity index is 2.19. The SMILES string of the molecule is COc1cc(Cl)nc(NS(=O)(=O)Cc2cccc(N)c2)n1. The molecule has 0 radical (unpaired) electrons. The van der Waals surface area contributed by atoms with Crippen LogP contribution in [0.3, 0.4) is 0 Å². The van der Waals surface area contributed by atoms with E-state index in [1.165, 1.54) is 13.2 Å². The molecule has 0 aliphatic rings. The molecule has 0 unspecified atom stereocenters. The van der Waals surface area contributed by atoms with Gasteiger partial charge in [-0.2, -0.15) is 4.98 Å². The summed E-state index contributed by atoms with van der Waals surface area (Å²) in [4.78, 5) is 7.65. The summed E-state index contributed by atoms with van der Waals surface area (Å²) in [7, 11) is -2.30. The summed E-state index contributed by atoms with van der Waals surface area (Å²) in [5.74, 6) is -0.240. The molecule has 1 aromatic heterocycles. The lowest BCUT2D eigenvalue weighted by molar-refractivity contribution is 0.397. The Morgan fingerprint density at radius 3 is 2.76 bits per heavy atom. The summed E-state index contributed by atoms with van der Waals surface area (Å²) < 4.78 is 31.3. The number of nitrogen functional groups attached to an aromatic ring is 1. The molecule has 112 valence electrons. The summed E-state index contributed by atoms with van der Waals surface area (Å²) in [5.41, 5.74) is 6.66. The second kappa shape index (κ2) is 6.15. The molecule has 0 saturated heterocycles. The van der Waals surface area contributed by atoms with Crippen molar-refractivity contribution in [1.82, 2.24) is 9.97 Å². The van der Waals surface area contributed by atoms with Gasteiger partial charge in [0.2, 0.25) is 21.9 Å². The Hall–Kier alpha value is -2.06. The van der Waals surface area contributed by atoms with Gasteiger partial charge >= 0.3 is 0 Å². The van der Waals surface area contributed by atoms with Gasteiger partial charge in [-0.3, -0.25) is 4.72 Å². The Kier molecular flexibility index (Phi) is 4.49. The van der Waals surface area contributed by atoms with Crippen molar-refractivity contribution in [2.45, 2.75) is 5.75 Å². The first-order chi connectivity index (χ1) is 9.88. The van der Waals surface area contributed by atoms with E-state index in [1.807, 2.05) is 0 Å². The molecule has 0 aliphatic heterocycles. The number of hydrogen-bond acceptors (Lipinski definition) is 6. The second-order valence-corrected chi connectivity index (χ2v) is 6.27. The van der Waals surface area contributed by atoms with Crippen LogP contribution >= 0.6 is 11.6 Å². The van der Waals surface area contributed by atoms with Crippen LogP contribution in [0, 0.1) is 0 Å². The number of halogens is 1. The van der Waals surface area contributed by atoms with E-state index in [1.54, 1.807) is 24.3 Å². The van der Waals surface area contributed by atoms with E-state index in [0.717, 1.165) is 0 Å². The molecule has 9 heteroatoms. The number of nitrogens with two attached hydrogens (primary N) is 1. The van der Waals surface area contributed by atoms with Gasteiger partial charge in [-0.05, 0) is 17.7 Å². The lowest BCUT2D eigenvalue weighted by atomic mass is 10.2. The van der Waals surface area contributed by atoms with Gasteiger partial charge in [-0.15, -0.1) is 0 Å². The quantitative estimate of drug-likeness (QED) is 0.638. The van der Waals surface area contributed by atoms with Crippen molar-refractivity contribution in [3.05, 3.63) is 41.0 Å². The summed E-state index contributed by atoms with van der Waals surface area (Å²) >= 11 is 5.76. The van der Waals surface area contributed by atoms with Gasteiger partial charge in [0, 0.05) is 11.8 Å². The fourth-order valence-electron chi connectivity index (χ4n) is 1.62. The van der Waals surface area contributed by atoms with Gasteiger partial charge < -0.3 is 10.5 Å². The van der Waals surface area contributed by atoms with Crippen molar-refractivity contribution >= 4 is 33.3 Å². The van der Waals surface area contributed by atoms with E-state index >= 15 is 0 Å². The van der Waals surface area contributed by atoms with Crippen molar-refractivity contribution in [2.75, 3.05) is 17.6 Å². The van der Waals surface area contributed by atoms with Crippen molar-refractivity contribution in [3.8, 4) is 5.88 Å². The van der Waals surface area contributed by atoms with Crippen molar-refractivity contribution in [2.24, 2.45) is 0 Å². The number of nitrogens with one attached hydrogen (secondary N) is 1. The van der Waals surface area contributed by atoms with Crippen LogP contribution in [-0.2, 0) is 15.8 Å². The largest absolute Gasteiger partial charge is 0.481 e. The third-order valence-corrected chi connectivity index (χ3v) is 3.84. The molecule has 0 aliphatic carbocycles. The predicted octanol–water partition coefficient (Wildman–Crippen LogP) is 1.66. The Labute approximate surface area is 127 Å². The zero-order chi connectivity index (χ0) is 15.5. The Morgan fingerprint density at radius 2 is 2.10 bits per heavy atom. The van der Waals surface area contributed by atoms with E-state index in [4.69, 9.17) is 22.1 Å². The highest BCUT2D eigenvalue weighted by molar-refractivity contribution is 7.91. The van der Waals surface area contributed by atoms with E-state index < -0.39 is 10.0 Å². The highest BCUT2D eigenvalue weighted by atomic mass is 35.5. The first kappa shape index (κ1) is 15.3. The van der Waals surface area contributed by atoms with E-state index in [9.17, 15) is 8.42 Å². The molecule has 7 nitrogen and oxygen atoms in total. The monoisotopic (exact) mass is 328 g/mol. The number of methoxy groups -OCH3 is 1. The molecule has 1 aromatic carbocycles. The smallest absolute Gasteiger partial charge is 0.241 e. The molecule has 0 amide bonds. The minimum Gasteiger partial charge on any atom is -0.481 e. The van der Waals surface area contributed by atoms with Crippen LogP contribution in [0.1, 0.15) is 5.56 Å². The molecule has 21 heavy (non-hydrogen) atoms. The Morgan fingerprint density at radius 1 is 1.33 bits per heavy atom. The van der Waals surface area contributed by atoms with Crippen LogP contribution in [-0.4, -0.2) is 25.5 Å². The van der Waals surface area contributed by atoms with E-state index in [0.29, 0.717) is 11.3 Å². The number of aromatic nitrogens is 2. The van der Waals surface area contributed by atoms with Crippen LogP contribution in [0.15, 0.2) is 30.3 Å². The summed E-state index contributed by atoms with van der Waals surface area (Å²) in [5, 5.41) is 0.0727. The van der Waals surface area contributed by atoms with Crippen LogP contribution < -0.4 is 15.2 Å². The van der Waals surface area contributed by atoms with Crippen LogP contribution in [0.5, 0.6) is 5.88 Å². The molecule has 2 aromatic rings. The van der Waals surface area contributed by atoms with Gasteiger partial charge in [-0.25, -0.2) is 13.4 Å². The molecule has 0 saturated carbocycles. The lowest BCUT2D eigenvalue weighted by Crippen LogP contribution is -2.17. The van der Waals surface area contributed by atoms with Crippen molar-refractivity contribution < 1.29 is 13.2 Å². The molecule has 0 spiro atoms. The van der Waals surface area contributed by atoms with Gasteiger partial charge in [0.25, 0.3) is 0 Å². The molecule has 1 heterocycles. The predicted molar refractivity (Wildman–Crippen MR) is 80.7 cm³/mol. The number of sulfonamides is 1. The van der Waals surface area contributed by atoms with Crippen LogP contribution in [0.2, 0.25) is 5.15 Å². The highest BCUT2D eigenvalue weighted by Crippen LogP contribution is 2.18. The molecule has 0 atom stereocenters. The third-order valence-electron chi connectivity index (χ3n) is 2.44. The average Bonchev–Trinajstić information content (AvgIpc) is 2.36. The molecular formula is C12H13ClN4O3S. The minimum absolute atomic E-state index is 0.0727. The van der Waals surface area contributed by atoms with Gasteiger partial charge in [0.05, 0.1) is 12.9 Å². The molecule has 0 bridgehead atoms. The zero-order valence-electron chi connectivity index (χ0n) is 11.1. The van der Waals surface area contributed by atoms with E-state index in [2.05, 4.69) is 14.7 Å². The molecule has 2 rings (SSSR count). The maximum atomic E-state index is 12.1. The molecule has 0 fully saturated rings. The van der Waals surface area contributed by atoms with Crippen LogP contribution in [0.25, 0.3) is 0 Å². The maximum Gasteiger partial charge on any atom is 0.241 e. The van der Waals surface area contributed by atoms with E-state index in [-0.39, 0.29) is 22.7 Å². The molecular weight excluding hydrogens is 316 g/mol. The summed E-state index contributed by atoms with van der Waals surface area (Å²) in [6.07, 6.45) is 0. The van der Waals surface area contributed by atoms with Gasteiger partial charge in [-0.1, -0.05) is 23.7 Å². The second-order valence-electron chi connectivity index (χ2n) is 4.16. The Bertz CT molecular complexity index is 752. The third kappa shape index (κ3) is 4.47. The number of nitrogens with zero attached hydrogens (tertiary/aromatic N) is 2. The van der Waals surface area contributed by atoms with Gasteiger partial charge in [0.1, 0.15) is 5.15 Å². The number of ether oxygens (including phenoxy) is 1. The first-order valence-electron chi connectivity index (χ1n) is 5.81. The standard InChI is InChI=1S/C12H13ClN4O3S/c1-20-11-6-10(13)15-12(16-11)17-21(18,19)7-8-3-2-4-9(14)5-8/h2-6H,7,14H2,1H3,(H,15,16,17). The minimum atomic E-state index is -3.69. The first-order valence-corrected chi connectivity index (χ1v) is 7.84. The van der Waals surface area contributed by atoms with Crippen molar-refractivity contribution in [1.29, 1.82) is 0 Å². The van der Waals surface area contributed by atoms with Crippen molar-refractivity contribution in [3.63, 3.8) is 0 Å². The number of rotatable bonds is 5. The highest BCUT2D eigenvalue weighted by Gasteiger charge is 2.15. The topological polar surface area (TPSA) is 107 Å². The van der Waals surface area contributed by atoms with Gasteiger partial charge in [0.15, 0.2) is 0 Å². The number of benzene rings is 1. The lowest BCUT2D eigenvalue weighted by Gasteiger charge is -2.08. The fraction of sp³-hybridized carbons (Fsp3) is 0.167. The summed E-state index contributed by atoms with van der Waals surface area (Å²) in [6.45, 7) is 0. The zero-order valence-corrected chi connectivity index (χ0v) is 12.6. The summed E-state index contributed by atoms with van der Waals surface area (Å²) in [6, 6.07) is 7.97. The number of anilines is 2. The maximum absolute atomic E-state index is 12.1.